The van der Waals surface area contributed by atoms with Crippen molar-refractivity contribution in [1.29, 1.82) is 0 Å². The van der Waals surface area contributed by atoms with Crippen molar-refractivity contribution in [2.45, 2.75) is 83.8 Å². The van der Waals surface area contributed by atoms with Gasteiger partial charge in [0.2, 0.25) is 5.91 Å². The highest BCUT2D eigenvalue weighted by atomic mass is 16.2. The van der Waals surface area contributed by atoms with Crippen LogP contribution in [0.25, 0.3) is 0 Å². The molecule has 2 aliphatic heterocycles. The number of hydrogen-bond donors (Lipinski definition) is 4. The van der Waals surface area contributed by atoms with Crippen molar-refractivity contribution in [2.24, 2.45) is 0 Å². The van der Waals surface area contributed by atoms with Gasteiger partial charge in [0, 0.05) is 31.6 Å². The molecule has 1 aliphatic carbocycles. The summed E-state index contributed by atoms with van der Waals surface area (Å²) in [4.78, 5) is 44.7. The van der Waals surface area contributed by atoms with Gasteiger partial charge in [-0.2, -0.15) is 5.10 Å². The van der Waals surface area contributed by atoms with Crippen LogP contribution in [0.5, 0.6) is 0 Å². The van der Waals surface area contributed by atoms with E-state index in [4.69, 9.17) is 0 Å². The molecule has 2 fully saturated rings. The first-order chi connectivity index (χ1) is 17.9. The van der Waals surface area contributed by atoms with Gasteiger partial charge < -0.3 is 25.3 Å². The van der Waals surface area contributed by atoms with Gasteiger partial charge in [0.05, 0.1) is 19.6 Å². The molecule has 1 aromatic heterocycles. The highest BCUT2D eigenvalue weighted by Gasteiger charge is 2.48. The lowest BCUT2D eigenvalue weighted by atomic mass is 9.94. The predicted octanol–water partition coefficient (Wildman–Crippen LogP) is -1.12. The summed E-state index contributed by atoms with van der Waals surface area (Å²) in [5.41, 5.74) is -0.417. The second-order valence-corrected chi connectivity index (χ2v) is 11.4. The average molecular weight is 518 g/mol. The van der Waals surface area contributed by atoms with E-state index in [2.05, 4.69) is 22.7 Å². The summed E-state index contributed by atoms with van der Waals surface area (Å²) in [5.74, 6) is -0.634. The van der Waals surface area contributed by atoms with Crippen molar-refractivity contribution in [3.8, 4) is 0 Å². The predicted molar refractivity (Wildman–Crippen MR) is 141 cm³/mol. The van der Waals surface area contributed by atoms with Crippen LogP contribution in [-0.4, -0.2) is 96.3 Å². The number of fused-ring (bicyclic) bond motifs is 1. The molecule has 4 rings (SSSR count). The Labute approximate surface area is 221 Å². The van der Waals surface area contributed by atoms with E-state index >= 15 is 0 Å². The number of nitrogens with zero attached hydrogens (tertiary/aromatic N) is 3. The van der Waals surface area contributed by atoms with E-state index in [-0.39, 0.29) is 36.0 Å². The van der Waals surface area contributed by atoms with Gasteiger partial charge in [0.25, 0.3) is 11.8 Å². The van der Waals surface area contributed by atoms with Crippen LogP contribution in [0.2, 0.25) is 0 Å². The second-order valence-electron chi connectivity index (χ2n) is 11.4. The Hall–Kier alpha value is -2.46. The van der Waals surface area contributed by atoms with Gasteiger partial charge in [0.1, 0.15) is 37.4 Å². The molecule has 206 valence electrons. The summed E-state index contributed by atoms with van der Waals surface area (Å²) >= 11 is 0. The molecule has 0 bridgehead atoms. The monoisotopic (exact) mass is 517 g/mol. The van der Waals surface area contributed by atoms with Gasteiger partial charge in [-0.25, -0.2) is 0 Å². The first-order valence-electron chi connectivity index (χ1n) is 14.5. The molecular formula is C27H47N7O3+2. The number of carbonyl (C=O) groups is 3. The first-order valence-corrected chi connectivity index (χ1v) is 14.5. The fourth-order valence-corrected chi connectivity index (χ4v) is 6.18. The van der Waals surface area contributed by atoms with Crippen LogP contribution in [0.3, 0.4) is 0 Å². The fraction of sp³-hybridized carbons (Fsp3) is 0.778. The smallest absolute Gasteiger partial charge is 0.273 e. The molecule has 1 aromatic rings. The van der Waals surface area contributed by atoms with Crippen LogP contribution in [0.4, 0.5) is 0 Å². The van der Waals surface area contributed by atoms with Crippen LogP contribution >= 0.6 is 0 Å². The van der Waals surface area contributed by atoms with E-state index < -0.39 is 5.54 Å². The fourth-order valence-electron chi connectivity index (χ4n) is 6.18. The number of rotatable bonds is 11. The molecule has 3 aliphatic rings. The molecule has 0 aromatic carbocycles. The maximum Gasteiger partial charge on any atom is 0.273 e. The largest absolute Gasteiger partial charge is 0.351 e. The summed E-state index contributed by atoms with van der Waals surface area (Å²) < 4.78 is 1.56. The Morgan fingerprint density at radius 3 is 2.41 bits per heavy atom. The lowest BCUT2D eigenvalue weighted by Gasteiger charge is -2.43. The van der Waals surface area contributed by atoms with Crippen molar-refractivity contribution in [3.05, 3.63) is 17.5 Å². The van der Waals surface area contributed by atoms with E-state index in [9.17, 15) is 14.4 Å². The standard InChI is InChI=1S/C27H45N7O3/c1-4-12-31-15-17-32(18-16-31)14-8-11-28-24(35)22-19-23-25(36)33(13-5-2)27(3,20-34(23)30-22)26(37)29-21-9-6-7-10-21/h19,21H,4-18,20H2,1-3H3,(H,28,35)(H,29,37)/p+2/t27-/m1/s1. The van der Waals surface area contributed by atoms with E-state index in [1.807, 2.05) is 13.8 Å². The topological polar surface area (TPSA) is 105 Å². The van der Waals surface area contributed by atoms with E-state index in [0.717, 1.165) is 45.1 Å². The zero-order valence-electron chi connectivity index (χ0n) is 23.0. The molecule has 3 heterocycles. The van der Waals surface area contributed by atoms with Crippen molar-refractivity contribution in [2.75, 3.05) is 52.4 Å². The third kappa shape index (κ3) is 6.34. The minimum atomic E-state index is -1.03. The lowest BCUT2D eigenvalue weighted by Crippen LogP contribution is -3.28. The molecule has 3 amide bonds. The van der Waals surface area contributed by atoms with Crippen LogP contribution in [-0.2, 0) is 11.3 Å². The summed E-state index contributed by atoms with van der Waals surface area (Å²) in [6.07, 6.45) is 7.12. The Balaban J connectivity index is 1.33. The number of aromatic nitrogens is 2. The SMILES string of the molecule is CCCN1C(=O)c2cc(C(=O)NCCC[NH+]3CC[NH+](CCC)CC3)nn2C[C@]1(C)C(=O)NC1CCCC1. The van der Waals surface area contributed by atoms with Gasteiger partial charge in [-0.05, 0) is 32.6 Å². The van der Waals surface area contributed by atoms with E-state index in [1.54, 1.807) is 25.4 Å². The summed E-state index contributed by atoms with van der Waals surface area (Å²) in [6.45, 7) is 14.6. The number of hydrogen-bond acceptors (Lipinski definition) is 4. The molecule has 0 radical (unpaired) electrons. The Morgan fingerprint density at radius 2 is 1.76 bits per heavy atom. The Kier molecular flexibility index (Phi) is 9.23. The first kappa shape index (κ1) is 27.6. The van der Waals surface area contributed by atoms with Crippen molar-refractivity contribution >= 4 is 17.7 Å². The molecule has 37 heavy (non-hydrogen) atoms. The highest BCUT2D eigenvalue weighted by Crippen LogP contribution is 2.29. The minimum Gasteiger partial charge on any atom is -0.351 e. The number of quaternary nitrogens is 2. The van der Waals surface area contributed by atoms with Gasteiger partial charge in [-0.1, -0.05) is 26.7 Å². The molecule has 10 heteroatoms. The van der Waals surface area contributed by atoms with Crippen LogP contribution in [0.15, 0.2) is 6.07 Å². The van der Waals surface area contributed by atoms with Crippen molar-refractivity contribution in [1.82, 2.24) is 25.3 Å². The van der Waals surface area contributed by atoms with Gasteiger partial charge in [0.15, 0.2) is 5.69 Å². The maximum absolute atomic E-state index is 13.4. The zero-order chi connectivity index (χ0) is 26.4. The molecule has 0 unspecified atom stereocenters. The number of amides is 3. The van der Waals surface area contributed by atoms with E-state index in [1.165, 1.54) is 39.1 Å². The lowest BCUT2D eigenvalue weighted by molar-refractivity contribution is -1.01. The molecule has 1 saturated heterocycles. The summed E-state index contributed by atoms with van der Waals surface area (Å²) in [7, 11) is 0. The van der Waals surface area contributed by atoms with Crippen LogP contribution < -0.4 is 20.4 Å². The molecular weight excluding hydrogens is 470 g/mol. The van der Waals surface area contributed by atoms with E-state index in [0.29, 0.717) is 18.8 Å². The van der Waals surface area contributed by atoms with Crippen LogP contribution in [0, 0.1) is 0 Å². The quantitative estimate of drug-likeness (QED) is 0.279. The van der Waals surface area contributed by atoms with Crippen molar-refractivity contribution < 1.29 is 24.2 Å². The van der Waals surface area contributed by atoms with Gasteiger partial charge in [-0.3, -0.25) is 19.1 Å². The van der Waals surface area contributed by atoms with Crippen molar-refractivity contribution in [3.63, 3.8) is 0 Å². The van der Waals surface area contributed by atoms with Gasteiger partial charge in [-0.15, -0.1) is 0 Å². The molecule has 1 saturated carbocycles. The number of carbonyl (C=O) groups excluding carboxylic acids is 3. The Morgan fingerprint density at radius 1 is 1.08 bits per heavy atom. The number of piperazine rings is 1. The average Bonchev–Trinajstić information content (AvgIpc) is 3.55. The normalized spacial score (nSPS) is 26.2. The Bertz CT molecular complexity index is 950. The van der Waals surface area contributed by atoms with Gasteiger partial charge >= 0.3 is 0 Å². The molecule has 1 atom stereocenters. The van der Waals surface area contributed by atoms with Crippen LogP contribution in [0.1, 0.15) is 86.7 Å². The molecule has 10 nitrogen and oxygen atoms in total. The minimum absolute atomic E-state index is 0.132. The summed E-state index contributed by atoms with van der Waals surface area (Å²) in [6, 6.07) is 1.75. The third-order valence-electron chi connectivity index (χ3n) is 8.42. The zero-order valence-corrected chi connectivity index (χ0v) is 23.0. The number of nitrogens with one attached hydrogen (secondary N) is 4. The summed E-state index contributed by atoms with van der Waals surface area (Å²) in [5, 5.41) is 10.6. The molecule has 4 N–H and O–H groups in total. The second kappa shape index (κ2) is 12.4. The maximum atomic E-state index is 13.4. The third-order valence-corrected chi connectivity index (χ3v) is 8.42. The highest BCUT2D eigenvalue weighted by molar-refractivity contribution is 6.01. The molecule has 0 spiro atoms.